The van der Waals surface area contributed by atoms with Crippen LogP contribution < -0.4 is 10.1 Å². The first-order valence-corrected chi connectivity index (χ1v) is 4.97. The molecule has 0 aromatic heterocycles. The van der Waals surface area contributed by atoms with Crippen LogP contribution in [0, 0.1) is 6.92 Å². The lowest BCUT2D eigenvalue weighted by Crippen LogP contribution is -2.28. The molecule has 0 spiro atoms. The van der Waals surface area contributed by atoms with E-state index in [1.54, 1.807) is 7.11 Å². The average molecular weight is 221 g/mol. The molecule has 4 nitrogen and oxygen atoms in total. The van der Waals surface area contributed by atoms with Crippen LogP contribution in [0.4, 0.5) is 0 Å². The van der Waals surface area contributed by atoms with Crippen molar-refractivity contribution in [3.63, 3.8) is 0 Å². The van der Waals surface area contributed by atoms with E-state index in [0.717, 1.165) is 11.1 Å². The van der Waals surface area contributed by atoms with Crippen LogP contribution in [0.15, 0.2) is 18.2 Å². The Morgan fingerprint density at radius 3 is 2.62 bits per heavy atom. The number of benzene rings is 1. The second kappa shape index (κ2) is 5.30. The number of aryl methyl sites for hydroxylation is 1. The van der Waals surface area contributed by atoms with E-state index in [1.165, 1.54) is 6.92 Å². The Balaban J connectivity index is 2.74. The molecule has 0 radical (unpaired) electrons. The van der Waals surface area contributed by atoms with Crippen LogP contribution in [-0.2, 0) is 16.1 Å². The van der Waals surface area contributed by atoms with Gasteiger partial charge in [-0.15, -0.1) is 0 Å². The lowest BCUT2D eigenvalue weighted by atomic mass is 10.1. The van der Waals surface area contributed by atoms with E-state index in [2.05, 4.69) is 5.32 Å². The van der Waals surface area contributed by atoms with Gasteiger partial charge in [-0.05, 0) is 18.6 Å². The minimum Gasteiger partial charge on any atom is -0.496 e. The van der Waals surface area contributed by atoms with Crippen molar-refractivity contribution in [2.24, 2.45) is 0 Å². The summed E-state index contributed by atoms with van der Waals surface area (Å²) in [6, 6.07) is 5.68. The molecule has 1 N–H and O–H groups in total. The summed E-state index contributed by atoms with van der Waals surface area (Å²) in [7, 11) is 1.57. The smallest absolute Gasteiger partial charge is 0.287 e. The van der Waals surface area contributed by atoms with E-state index in [4.69, 9.17) is 4.74 Å². The maximum atomic E-state index is 11.1. The first-order valence-electron chi connectivity index (χ1n) is 4.97. The van der Waals surface area contributed by atoms with Gasteiger partial charge in [0.05, 0.1) is 7.11 Å². The molecule has 1 amide bonds. The monoisotopic (exact) mass is 221 g/mol. The summed E-state index contributed by atoms with van der Waals surface area (Å²) in [6.45, 7) is 3.49. The van der Waals surface area contributed by atoms with E-state index in [1.807, 2.05) is 25.1 Å². The number of Topliss-reactive ketones (excluding diaryl/α,β-unsaturated/α-hetero) is 1. The molecule has 86 valence electrons. The van der Waals surface area contributed by atoms with Gasteiger partial charge in [-0.3, -0.25) is 9.59 Å². The zero-order valence-electron chi connectivity index (χ0n) is 9.66. The molecular formula is C12H15NO3. The van der Waals surface area contributed by atoms with Crippen molar-refractivity contribution in [3.8, 4) is 5.75 Å². The first kappa shape index (κ1) is 12.2. The number of ketones is 1. The van der Waals surface area contributed by atoms with Gasteiger partial charge >= 0.3 is 0 Å². The Kier molecular flexibility index (Phi) is 4.05. The molecule has 0 saturated heterocycles. The molecule has 0 unspecified atom stereocenters. The van der Waals surface area contributed by atoms with Crippen LogP contribution in [0.5, 0.6) is 5.75 Å². The molecule has 0 aliphatic carbocycles. The van der Waals surface area contributed by atoms with Gasteiger partial charge in [0, 0.05) is 19.0 Å². The lowest BCUT2D eigenvalue weighted by molar-refractivity contribution is -0.136. The van der Waals surface area contributed by atoms with E-state index in [-0.39, 0.29) is 0 Å². The molecule has 4 heteroatoms. The van der Waals surface area contributed by atoms with Gasteiger partial charge < -0.3 is 10.1 Å². The molecule has 0 bridgehead atoms. The lowest BCUT2D eigenvalue weighted by Gasteiger charge is -2.09. The third-order valence-corrected chi connectivity index (χ3v) is 2.20. The summed E-state index contributed by atoms with van der Waals surface area (Å²) in [6.07, 6.45) is 0. The van der Waals surface area contributed by atoms with Crippen LogP contribution in [0.1, 0.15) is 18.1 Å². The molecule has 0 atom stereocenters. The third kappa shape index (κ3) is 3.08. The molecule has 1 rings (SSSR count). The largest absolute Gasteiger partial charge is 0.496 e. The molecule has 16 heavy (non-hydrogen) atoms. The minimum atomic E-state index is -0.581. The van der Waals surface area contributed by atoms with Crippen LogP contribution in [-0.4, -0.2) is 18.8 Å². The highest BCUT2D eigenvalue weighted by Gasteiger charge is 2.08. The number of hydrogen-bond donors (Lipinski definition) is 1. The Labute approximate surface area is 94.6 Å². The van der Waals surface area contributed by atoms with Crippen molar-refractivity contribution in [2.75, 3.05) is 7.11 Å². The van der Waals surface area contributed by atoms with E-state index >= 15 is 0 Å². The van der Waals surface area contributed by atoms with Gasteiger partial charge in [-0.25, -0.2) is 0 Å². The second-order valence-corrected chi connectivity index (χ2v) is 3.55. The van der Waals surface area contributed by atoms with Gasteiger partial charge in [0.25, 0.3) is 5.91 Å². The van der Waals surface area contributed by atoms with Gasteiger partial charge in [0.15, 0.2) is 0 Å². The topological polar surface area (TPSA) is 55.4 Å². The van der Waals surface area contributed by atoms with Crippen molar-refractivity contribution < 1.29 is 14.3 Å². The van der Waals surface area contributed by atoms with Crippen molar-refractivity contribution in [1.29, 1.82) is 0 Å². The summed E-state index contributed by atoms with van der Waals surface area (Å²) < 4.78 is 5.18. The van der Waals surface area contributed by atoms with Crippen molar-refractivity contribution >= 4 is 11.7 Å². The summed E-state index contributed by atoms with van der Waals surface area (Å²) >= 11 is 0. The SMILES string of the molecule is COc1cc(C)ccc1CNC(=O)C(C)=O. The zero-order valence-corrected chi connectivity index (χ0v) is 9.66. The molecular weight excluding hydrogens is 206 g/mol. The Hall–Kier alpha value is -1.84. The van der Waals surface area contributed by atoms with Crippen molar-refractivity contribution in [2.45, 2.75) is 20.4 Å². The number of amides is 1. The van der Waals surface area contributed by atoms with Gasteiger partial charge in [0.2, 0.25) is 5.78 Å². The molecule has 0 fully saturated rings. The van der Waals surface area contributed by atoms with Crippen molar-refractivity contribution in [3.05, 3.63) is 29.3 Å². The Bertz CT molecular complexity index is 413. The van der Waals surface area contributed by atoms with Crippen LogP contribution >= 0.6 is 0 Å². The normalized spacial score (nSPS) is 9.69. The maximum absolute atomic E-state index is 11.1. The number of hydrogen-bond acceptors (Lipinski definition) is 3. The number of nitrogens with one attached hydrogen (secondary N) is 1. The Morgan fingerprint density at radius 2 is 2.06 bits per heavy atom. The van der Waals surface area contributed by atoms with E-state index in [9.17, 15) is 9.59 Å². The molecule has 1 aromatic rings. The molecule has 0 aliphatic rings. The minimum absolute atomic E-state index is 0.294. The number of rotatable bonds is 4. The summed E-state index contributed by atoms with van der Waals surface area (Å²) in [5, 5.41) is 2.52. The first-order chi connectivity index (χ1) is 7.54. The maximum Gasteiger partial charge on any atom is 0.287 e. The number of ether oxygens (including phenoxy) is 1. The number of carbonyl (C=O) groups is 2. The summed E-state index contributed by atoms with van der Waals surface area (Å²) in [5.74, 6) is -0.363. The predicted molar refractivity (Wildman–Crippen MR) is 60.3 cm³/mol. The van der Waals surface area contributed by atoms with E-state index < -0.39 is 11.7 Å². The quantitative estimate of drug-likeness (QED) is 0.777. The van der Waals surface area contributed by atoms with Gasteiger partial charge in [0.1, 0.15) is 5.75 Å². The highest BCUT2D eigenvalue weighted by Crippen LogP contribution is 2.19. The van der Waals surface area contributed by atoms with Crippen LogP contribution in [0.3, 0.4) is 0 Å². The van der Waals surface area contributed by atoms with Gasteiger partial charge in [-0.2, -0.15) is 0 Å². The molecule has 0 heterocycles. The summed E-state index contributed by atoms with van der Waals surface area (Å²) in [5.41, 5.74) is 1.93. The average Bonchev–Trinajstić information content (AvgIpc) is 2.26. The molecule has 1 aromatic carbocycles. The number of carbonyl (C=O) groups excluding carboxylic acids is 2. The Morgan fingerprint density at radius 1 is 1.38 bits per heavy atom. The molecule has 0 aliphatic heterocycles. The van der Waals surface area contributed by atoms with Crippen molar-refractivity contribution in [1.82, 2.24) is 5.32 Å². The third-order valence-electron chi connectivity index (χ3n) is 2.20. The predicted octanol–water partition coefficient (Wildman–Crippen LogP) is 1.21. The number of methoxy groups -OCH3 is 1. The molecule has 0 saturated carbocycles. The fourth-order valence-corrected chi connectivity index (χ4v) is 1.30. The standard InChI is InChI=1S/C12H15NO3/c1-8-4-5-10(11(6-8)16-3)7-13-12(15)9(2)14/h4-6H,7H2,1-3H3,(H,13,15). The van der Waals surface area contributed by atoms with E-state index in [0.29, 0.717) is 12.3 Å². The highest BCUT2D eigenvalue weighted by molar-refractivity contribution is 6.35. The zero-order chi connectivity index (χ0) is 12.1. The van der Waals surface area contributed by atoms with Crippen LogP contribution in [0.25, 0.3) is 0 Å². The van der Waals surface area contributed by atoms with Crippen LogP contribution in [0.2, 0.25) is 0 Å². The summed E-state index contributed by atoms with van der Waals surface area (Å²) in [4.78, 5) is 21.8. The highest BCUT2D eigenvalue weighted by atomic mass is 16.5. The van der Waals surface area contributed by atoms with Gasteiger partial charge in [-0.1, -0.05) is 12.1 Å². The fraction of sp³-hybridized carbons (Fsp3) is 0.333. The fourth-order valence-electron chi connectivity index (χ4n) is 1.30. The second-order valence-electron chi connectivity index (χ2n) is 3.55.